The van der Waals surface area contributed by atoms with Crippen LogP contribution in [-0.2, 0) is 37.5 Å². The number of anilines is 1. The monoisotopic (exact) mass is 469 g/mol. The van der Waals surface area contributed by atoms with Gasteiger partial charge in [0.05, 0.1) is 16.4 Å². The standard InChI is InChI=1S/C20H27N3O6S2/c1-5-13-11-30-18(22-13)14(16(17(21)24)19(25)29-20(2,3)4)10-12-8-6-7-9-15(12)23-31(26,27)28/h6-9,11,14,16,23H,5,10H2,1-4H3,(H2,21,24)(H,26,27,28). The summed E-state index contributed by atoms with van der Waals surface area (Å²) in [7, 11) is -4.52. The van der Waals surface area contributed by atoms with Crippen molar-refractivity contribution in [1.29, 1.82) is 0 Å². The number of carbonyl (C=O) groups is 2. The molecular weight excluding hydrogens is 442 g/mol. The Morgan fingerprint density at radius 2 is 1.94 bits per heavy atom. The highest BCUT2D eigenvalue weighted by Gasteiger charge is 2.39. The molecule has 11 heteroatoms. The highest BCUT2D eigenvalue weighted by atomic mass is 32.2. The van der Waals surface area contributed by atoms with Crippen LogP contribution in [0.2, 0.25) is 0 Å². The minimum Gasteiger partial charge on any atom is -0.459 e. The van der Waals surface area contributed by atoms with Gasteiger partial charge >= 0.3 is 16.3 Å². The SMILES string of the molecule is CCc1csc(C(Cc2ccccc2NS(=O)(=O)O)C(C(N)=O)C(=O)OC(C)(C)C)n1. The number of primary amides is 1. The average Bonchev–Trinajstić information content (AvgIpc) is 3.08. The number of benzene rings is 1. The van der Waals surface area contributed by atoms with Gasteiger partial charge in [0.25, 0.3) is 0 Å². The topological polar surface area (TPSA) is 149 Å². The number of nitrogens with one attached hydrogen (secondary N) is 1. The molecule has 31 heavy (non-hydrogen) atoms. The van der Waals surface area contributed by atoms with E-state index in [1.165, 1.54) is 17.4 Å². The van der Waals surface area contributed by atoms with Crippen molar-refractivity contribution in [1.82, 2.24) is 4.98 Å². The Balaban J connectivity index is 2.54. The maximum atomic E-state index is 12.9. The third kappa shape index (κ3) is 7.30. The van der Waals surface area contributed by atoms with Gasteiger partial charge in [-0.1, -0.05) is 25.1 Å². The number of esters is 1. The normalized spacial score (nSPS) is 14.0. The molecule has 0 saturated carbocycles. The largest absolute Gasteiger partial charge is 0.459 e. The van der Waals surface area contributed by atoms with E-state index < -0.39 is 39.6 Å². The lowest BCUT2D eigenvalue weighted by Crippen LogP contribution is -2.40. The molecule has 9 nitrogen and oxygen atoms in total. The van der Waals surface area contributed by atoms with E-state index in [-0.39, 0.29) is 12.1 Å². The van der Waals surface area contributed by atoms with E-state index >= 15 is 0 Å². The van der Waals surface area contributed by atoms with E-state index in [4.69, 9.17) is 10.5 Å². The first-order valence-corrected chi connectivity index (χ1v) is 11.9. The van der Waals surface area contributed by atoms with E-state index in [2.05, 4.69) is 4.98 Å². The van der Waals surface area contributed by atoms with E-state index in [0.717, 1.165) is 5.69 Å². The van der Waals surface area contributed by atoms with E-state index in [1.807, 2.05) is 17.0 Å². The first-order chi connectivity index (χ1) is 14.3. The fraction of sp³-hybridized carbons (Fsp3) is 0.450. The molecular formula is C20H27N3O6S2. The zero-order valence-electron chi connectivity index (χ0n) is 17.8. The molecule has 2 atom stereocenters. The van der Waals surface area contributed by atoms with Crippen molar-refractivity contribution < 1.29 is 27.3 Å². The van der Waals surface area contributed by atoms with Crippen LogP contribution in [0.5, 0.6) is 0 Å². The van der Waals surface area contributed by atoms with Crippen LogP contribution < -0.4 is 10.5 Å². The van der Waals surface area contributed by atoms with Gasteiger partial charge in [-0.25, -0.2) is 4.98 Å². The number of carbonyl (C=O) groups excluding carboxylic acids is 2. The molecule has 0 aliphatic rings. The molecule has 0 spiro atoms. The van der Waals surface area contributed by atoms with Gasteiger partial charge in [-0.2, -0.15) is 8.42 Å². The number of rotatable bonds is 9. The van der Waals surface area contributed by atoms with Gasteiger partial charge in [-0.05, 0) is 45.2 Å². The molecule has 1 aromatic carbocycles. The number of hydrogen-bond donors (Lipinski definition) is 3. The van der Waals surface area contributed by atoms with Crippen molar-refractivity contribution in [2.45, 2.75) is 52.1 Å². The predicted octanol–water partition coefficient (Wildman–Crippen LogP) is 2.69. The fourth-order valence-corrected chi connectivity index (χ4v) is 4.54. The quantitative estimate of drug-likeness (QED) is 0.290. The second-order valence-corrected chi connectivity index (χ2v) is 10.0. The third-order valence-electron chi connectivity index (χ3n) is 4.31. The Morgan fingerprint density at radius 1 is 1.29 bits per heavy atom. The van der Waals surface area contributed by atoms with Crippen molar-refractivity contribution >= 4 is 39.2 Å². The third-order valence-corrected chi connectivity index (χ3v) is 5.82. The number of hydrogen-bond acceptors (Lipinski definition) is 7. The van der Waals surface area contributed by atoms with E-state index in [9.17, 15) is 22.6 Å². The summed E-state index contributed by atoms with van der Waals surface area (Å²) in [5.74, 6) is -3.78. The highest BCUT2D eigenvalue weighted by Crippen LogP contribution is 2.35. The number of aryl methyl sites for hydroxylation is 1. The van der Waals surface area contributed by atoms with Crippen molar-refractivity contribution in [2.75, 3.05) is 4.72 Å². The van der Waals surface area contributed by atoms with Gasteiger partial charge in [0, 0.05) is 11.3 Å². The van der Waals surface area contributed by atoms with Crippen molar-refractivity contribution in [3.8, 4) is 0 Å². The molecule has 0 aliphatic heterocycles. The Bertz CT molecular complexity index is 1040. The summed E-state index contributed by atoms with van der Waals surface area (Å²) in [4.78, 5) is 29.8. The fourth-order valence-electron chi connectivity index (χ4n) is 3.02. The van der Waals surface area contributed by atoms with Crippen LogP contribution >= 0.6 is 11.3 Å². The summed E-state index contributed by atoms with van der Waals surface area (Å²) in [6.45, 7) is 6.98. The minimum absolute atomic E-state index is 0.0577. The van der Waals surface area contributed by atoms with Crippen LogP contribution in [0.25, 0.3) is 0 Å². The summed E-state index contributed by atoms with van der Waals surface area (Å²) in [6, 6.07) is 6.35. The second-order valence-electron chi connectivity index (χ2n) is 7.99. The molecule has 0 saturated heterocycles. The molecule has 0 bridgehead atoms. The molecule has 2 rings (SSSR count). The number of amides is 1. The molecule has 0 aliphatic carbocycles. The summed E-state index contributed by atoms with van der Waals surface area (Å²) in [5, 5.41) is 2.34. The first-order valence-electron chi connectivity index (χ1n) is 9.60. The lowest BCUT2D eigenvalue weighted by Gasteiger charge is -2.27. The van der Waals surface area contributed by atoms with Gasteiger partial charge in [-0.3, -0.25) is 18.9 Å². The van der Waals surface area contributed by atoms with Gasteiger partial charge in [0.2, 0.25) is 5.91 Å². The first kappa shape index (κ1) is 24.8. The number of ether oxygens (including phenoxy) is 1. The Hall–Kier alpha value is -2.50. The van der Waals surface area contributed by atoms with Crippen LogP contribution in [0.15, 0.2) is 29.6 Å². The van der Waals surface area contributed by atoms with Gasteiger partial charge in [-0.15, -0.1) is 11.3 Å². The summed E-state index contributed by atoms with van der Waals surface area (Å²) >= 11 is 1.29. The zero-order valence-corrected chi connectivity index (χ0v) is 19.4. The number of nitrogens with zero attached hydrogens (tertiary/aromatic N) is 1. The van der Waals surface area contributed by atoms with Crippen molar-refractivity contribution in [2.24, 2.45) is 11.7 Å². The maximum Gasteiger partial charge on any atom is 0.357 e. The lowest BCUT2D eigenvalue weighted by atomic mass is 9.86. The summed E-state index contributed by atoms with van der Waals surface area (Å²) in [6.07, 6.45) is 0.722. The van der Waals surface area contributed by atoms with Crippen molar-refractivity contribution in [3.63, 3.8) is 0 Å². The van der Waals surface area contributed by atoms with Crippen LogP contribution in [0.1, 0.15) is 49.9 Å². The molecule has 0 fully saturated rings. The number of thiazole rings is 1. The molecule has 1 heterocycles. The highest BCUT2D eigenvalue weighted by molar-refractivity contribution is 7.87. The molecule has 4 N–H and O–H groups in total. The van der Waals surface area contributed by atoms with E-state index in [1.54, 1.807) is 39.0 Å². The Morgan fingerprint density at radius 3 is 2.45 bits per heavy atom. The zero-order chi connectivity index (χ0) is 23.4. The smallest absolute Gasteiger partial charge is 0.357 e. The van der Waals surface area contributed by atoms with Gasteiger partial charge < -0.3 is 10.5 Å². The molecule has 2 unspecified atom stereocenters. The van der Waals surface area contributed by atoms with Crippen LogP contribution in [0.4, 0.5) is 5.69 Å². The van der Waals surface area contributed by atoms with E-state index in [0.29, 0.717) is 17.0 Å². The van der Waals surface area contributed by atoms with Crippen molar-refractivity contribution in [3.05, 3.63) is 45.9 Å². The van der Waals surface area contributed by atoms with Crippen LogP contribution in [0.3, 0.4) is 0 Å². The maximum absolute atomic E-state index is 12.9. The lowest BCUT2D eigenvalue weighted by molar-refractivity contribution is -0.162. The minimum atomic E-state index is -4.52. The van der Waals surface area contributed by atoms with Crippen LogP contribution in [0, 0.1) is 5.92 Å². The molecule has 0 radical (unpaired) electrons. The Kier molecular flexibility index (Phi) is 7.79. The summed E-state index contributed by atoms with van der Waals surface area (Å²) in [5.41, 5.74) is 6.14. The molecule has 1 aromatic heterocycles. The number of aromatic nitrogens is 1. The average molecular weight is 470 g/mol. The Labute approximate surface area is 185 Å². The molecule has 1 amide bonds. The number of nitrogens with two attached hydrogens (primary N) is 1. The number of para-hydroxylation sites is 1. The molecule has 170 valence electrons. The predicted molar refractivity (Wildman–Crippen MR) is 118 cm³/mol. The summed E-state index contributed by atoms with van der Waals surface area (Å²) < 4.78 is 39.4. The second kappa shape index (κ2) is 9.75. The molecule has 2 aromatic rings. The van der Waals surface area contributed by atoms with Gasteiger partial charge in [0.15, 0.2) is 0 Å². The van der Waals surface area contributed by atoms with Crippen LogP contribution in [-0.4, -0.2) is 35.4 Å². The van der Waals surface area contributed by atoms with Gasteiger partial charge in [0.1, 0.15) is 11.5 Å².